The molecule has 0 radical (unpaired) electrons. The number of benzene rings is 2. The molecule has 1 amide bonds. The fraction of sp³-hybridized carbons (Fsp3) is 0.0833. The number of halogens is 3. The molecule has 2 aromatic heterocycles. The van der Waals surface area contributed by atoms with E-state index in [0.717, 1.165) is 16.7 Å². The molecule has 0 fully saturated rings. The number of imidazole rings is 1. The maximum absolute atomic E-state index is 13.1. The summed E-state index contributed by atoms with van der Waals surface area (Å²) in [5.74, 6) is -1.35. The van der Waals surface area contributed by atoms with E-state index in [2.05, 4.69) is 10.3 Å². The van der Waals surface area contributed by atoms with Crippen LogP contribution in [0, 0.1) is 6.92 Å². The van der Waals surface area contributed by atoms with Gasteiger partial charge in [-0.05, 0) is 37.3 Å². The van der Waals surface area contributed by atoms with E-state index >= 15 is 0 Å². The van der Waals surface area contributed by atoms with Crippen molar-refractivity contribution in [1.29, 1.82) is 0 Å². The van der Waals surface area contributed by atoms with Crippen molar-refractivity contribution in [3.8, 4) is 0 Å². The van der Waals surface area contributed by atoms with Crippen LogP contribution in [0.2, 0.25) is 0 Å². The summed E-state index contributed by atoms with van der Waals surface area (Å²) in [5.41, 5.74) is 0.617. The number of hydrogen-bond donors (Lipinski definition) is 1. The second-order valence-electron chi connectivity index (χ2n) is 7.61. The van der Waals surface area contributed by atoms with Gasteiger partial charge in [0.05, 0.1) is 11.3 Å². The van der Waals surface area contributed by atoms with Gasteiger partial charge in [-0.2, -0.15) is 13.2 Å². The lowest BCUT2D eigenvalue weighted by molar-refractivity contribution is -0.137. The Balaban J connectivity index is 1.52. The zero-order valence-electron chi connectivity index (χ0n) is 17.0. The van der Waals surface area contributed by atoms with Crippen LogP contribution in [-0.2, 0) is 6.18 Å². The molecule has 6 nitrogen and oxygen atoms in total. The summed E-state index contributed by atoms with van der Waals surface area (Å²) in [6.45, 7) is 1.52. The molecule has 4 aromatic rings. The molecule has 2 heterocycles. The van der Waals surface area contributed by atoms with Crippen molar-refractivity contribution in [1.82, 2.24) is 9.38 Å². The molecule has 33 heavy (non-hydrogen) atoms. The molecule has 0 spiro atoms. The lowest BCUT2D eigenvalue weighted by atomic mass is 9.84. The summed E-state index contributed by atoms with van der Waals surface area (Å²) in [5, 5.41) is 2.60. The van der Waals surface area contributed by atoms with Crippen LogP contribution < -0.4 is 5.32 Å². The number of aryl methyl sites for hydroxylation is 1. The van der Waals surface area contributed by atoms with Crippen molar-refractivity contribution in [2.75, 3.05) is 5.32 Å². The first kappa shape index (κ1) is 20.6. The Morgan fingerprint density at radius 1 is 0.909 bits per heavy atom. The topological polar surface area (TPSA) is 80.5 Å². The monoisotopic (exact) mass is 449 g/mol. The number of alkyl halides is 3. The van der Waals surface area contributed by atoms with Gasteiger partial charge in [0.1, 0.15) is 11.3 Å². The fourth-order valence-electron chi connectivity index (χ4n) is 3.97. The number of carbonyl (C=O) groups is 3. The summed E-state index contributed by atoms with van der Waals surface area (Å²) in [6.07, 6.45) is -3.77. The maximum Gasteiger partial charge on any atom is 0.417 e. The van der Waals surface area contributed by atoms with Crippen LogP contribution in [0.15, 0.2) is 60.8 Å². The molecule has 0 saturated carbocycles. The second-order valence-corrected chi connectivity index (χ2v) is 7.61. The van der Waals surface area contributed by atoms with Gasteiger partial charge in [0.25, 0.3) is 5.91 Å². The highest BCUT2D eigenvalue weighted by molar-refractivity contribution is 6.28. The summed E-state index contributed by atoms with van der Waals surface area (Å²) in [7, 11) is 0. The number of hydrogen-bond acceptors (Lipinski definition) is 4. The molecule has 5 rings (SSSR count). The predicted octanol–water partition coefficient (Wildman–Crippen LogP) is 4.69. The van der Waals surface area contributed by atoms with Gasteiger partial charge >= 0.3 is 6.18 Å². The van der Waals surface area contributed by atoms with Crippen molar-refractivity contribution in [2.45, 2.75) is 13.1 Å². The highest BCUT2D eigenvalue weighted by atomic mass is 19.4. The molecule has 0 unspecified atom stereocenters. The number of rotatable bonds is 2. The van der Waals surface area contributed by atoms with Crippen molar-refractivity contribution < 1.29 is 27.6 Å². The molecule has 0 atom stereocenters. The second kappa shape index (κ2) is 7.13. The number of anilines is 1. The van der Waals surface area contributed by atoms with Crippen molar-refractivity contribution in [3.63, 3.8) is 0 Å². The minimum Gasteiger partial charge on any atom is -0.321 e. The van der Waals surface area contributed by atoms with E-state index in [1.807, 2.05) is 0 Å². The number of aromatic nitrogens is 2. The largest absolute Gasteiger partial charge is 0.417 e. The standard InChI is InChI=1S/C24H14F3N3O3/c1-12-20(30-11-13(24(25,26)27)6-9-19(30)28-12)23(33)29-14-7-8-17-18(10-14)22(32)16-5-3-2-4-15(16)21(17)31/h2-11H,1H3,(H,29,33). The summed E-state index contributed by atoms with van der Waals surface area (Å²) >= 11 is 0. The third-order valence-electron chi connectivity index (χ3n) is 5.52. The van der Waals surface area contributed by atoms with E-state index in [1.54, 1.807) is 24.3 Å². The summed E-state index contributed by atoms with van der Waals surface area (Å²) in [6, 6.07) is 12.9. The first-order valence-corrected chi connectivity index (χ1v) is 9.85. The van der Waals surface area contributed by atoms with E-state index in [0.29, 0.717) is 5.56 Å². The van der Waals surface area contributed by atoms with Gasteiger partial charge in [0, 0.05) is 34.1 Å². The SMILES string of the molecule is Cc1nc2ccc(C(F)(F)F)cn2c1C(=O)Nc1ccc2c(c1)C(=O)c1ccccc1C2=O. The summed E-state index contributed by atoms with van der Waals surface area (Å²) < 4.78 is 40.5. The highest BCUT2D eigenvalue weighted by Gasteiger charge is 2.32. The van der Waals surface area contributed by atoms with Crippen LogP contribution in [0.25, 0.3) is 5.65 Å². The third-order valence-corrected chi connectivity index (χ3v) is 5.52. The molecular weight excluding hydrogens is 435 g/mol. The van der Waals surface area contributed by atoms with Gasteiger partial charge in [0.15, 0.2) is 11.6 Å². The Morgan fingerprint density at radius 3 is 2.21 bits per heavy atom. The first-order valence-electron chi connectivity index (χ1n) is 9.85. The molecule has 1 aliphatic carbocycles. The number of nitrogens with zero attached hydrogens (tertiary/aromatic N) is 2. The molecule has 0 aliphatic heterocycles. The average molecular weight is 449 g/mol. The van der Waals surface area contributed by atoms with Gasteiger partial charge in [-0.15, -0.1) is 0 Å². The Labute approximate surface area is 184 Å². The average Bonchev–Trinajstić information content (AvgIpc) is 3.12. The highest BCUT2D eigenvalue weighted by Crippen LogP contribution is 2.31. The van der Waals surface area contributed by atoms with Gasteiger partial charge in [0.2, 0.25) is 0 Å². The Hall–Kier alpha value is -4.27. The van der Waals surface area contributed by atoms with Crippen molar-refractivity contribution >= 4 is 28.8 Å². The normalized spacial score (nSPS) is 13.1. The predicted molar refractivity (Wildman–Crippen MR) is 113 cm³/mol. The van der Waals surface area contributed by atoms with E-state index in [4.69, 9.17) is 0 Å². The summed E-state index contributed by atoms with van der Waals surface area (Å²) in [4.78, 5) is 42.8. The number of fused-ring (bicyclic) bond motifs is 3. The smallest absolute Gasteiger partial charge is 0.321 e. The molecular formula is C24H14F3N3O3. The van der Waals surface area contributed by atoms with Crippen LogP contribution in [0.1, 0.15) is 53.6 Å². The van der Waals surface area contributed by atoms with Crippen LogP contribution in [0.5, 0.6) is 0 Å². The molecule has 1 aliphatic rings. The van der Waals surface area contributed by atoms with Crippen molar-refractivity contribution in [3.05, 3.63) is 100.0 Å². The Morgan fingerprint density at radius 2 is 1.55 bits per heavy atom. The van der Waals surface area contributed by atoms with Crippen LogP contribution >= 0.6 is 0 Å². The minimum absolute atomic E-state index is 0.0680. The Bertz CT molecular complexity index is 1500. The van der Waals surface area contributed by atoms with Gasteiger partial charge in [-0.1, -0.05) is 24.3 Å². The van der Waals surface area contributed by atoms with Gasteiger partial charge < -0.3 is 5.32 Å². The molecule has 0 saturated heterocycles. The third kappa shape index (κ3) is 3.29. The molecule has 9 heteroatoms. The zero-order chi connectivity index (χ0) is 23.5. The fourth-order valence-corrected chi connectivity index (χ4v) is 3.97. The number of amides is 1. The number of ketones is 2. The van der Waals surface area contributed by atoms with E-state index < -0.39 is 17.6 Å². The van der Waals surface area contributed by atoms with Crippen LogP contribution in [-0.4, -0.2) is 26.9 Å². The lowest BCUT2D eigenvalue weighted by Crippen LogP contribution is -2.22. The molecule has 1 N–H and O–H groups in total. The molecule has 0 bridgehead atoms. The van der Waals surface area contributed by atoms with E-state index in [-0.39, 0.29) is 51.0 Å². The quantitative estimate of drug-likeness (QED) is 0.424. The molecule has 164 valence electrons. The van der Waals surface area contributed by atoms with Gasteiger partial charge in [-0.25, -0.2) is 4.98 Å². The van der Waals surface area contributed by atoms with E-state index in [9.17, 15) is 27.6 Å². The van der Waals surface area contributed by atoms with Crippen LogP contribution in [0.3, 0.4) is 0 Å². The minimum atomic E-state index is -4.58. The van der Waals surface area contributed by atoms with Gasteiger partial charge in [-0.3, -0.25) is 18.8 Å². The zero-order valence-corrected chi connectivity index (χ0v) is 17.0. The molecule has 2 aromatic carbocycles. The maximum atomic E-state index is 13.1. The van der Waals surface area contributed by atoms with E-state index in [1.165, 1.54) is 31.2 Å². The number of carbonyl (C=O) groups excluding carboxylic acids is 3. The van der Waals surface area contributed by atoms with Crippen molar-refractivity contribution in [2.24, 2.45) is 0 Å². The first-order chi connectivity index (χ1) is 15.6. The number of pyridine rings is 1. The lowest BCUT2D eigenvalue weighted by Gasteiger charge is -2.18. The number of nitrogens with one attached hydrogen (secondary N) is 1. The van der Waals surface area contributed by atoms with Crippen LogP contribution in [0.4, 0.5) is 18.9 Å². The Kier molecular flexibility index (Phi) is 4.45.